The number of rotatable bonds is 5. The minimum atomic E-state index is -0.155. The Hall–Kier alpha value is -3.85. The van der Waals surface area contributed by atoms with Crippen molar-refractivity contribution in [2.75, 3.05) is 36.5 Å². The lowest BCUT2D eigenvalue weighted by atomic mass is 10.1. The van der Waals surface area contributed by atoms with Crippen LogP contribution in [0.3, 0.4) is 0 Å². The molecule has 1 amide bonds. The number of hydrogen-bond acceptors (Lipinski definition) is 7. The van der Waals surface area contributed by atoms with Crippen molar-refractivity contribution in [3.63, 3.8) is 0 Å². The van der Waals surface area contributed by atoms with Crippen LogP contribution < -0.4 is 10.2 Å². The van der Waals surface area contributed by atoms with Gasteiger partial charge < -0.3 is 19.9 Å². The fraction of sp³-hybridized carbons (Fsp3) is 0.320. The van der Waals surface area contributed by atoms with E-state index in [2.05, 4.69) is 41.2 Å². The van der Waals surface area contributed by atoms with Crippen molar-refractivity contribution in [3.8, 4) is 11.3 Å². The van der Waals surface area contributed by atoms with Gasteiger partial charge in [-0.3, -0.25) is 4.79 Å². The van der Waals surface area contributed by atoms with E-state index in [1.165, 1.54) is 0 Å². The normalized spacial score (nSPS) is 13.3. The molecule has 0 bridgehead atoms. The highest BCUT2D eigenvalue weighted by molar-refractivity contribution is 5.93. The number of nitrogens with one attached hydrogen (secondary N) is 2. The maximum Gasteiger partial charge on any atom is 0.232 e. The Bertz CT molecular complexity index is 1230. The second kappa shape index (κ2) is 10.8. The third kappa shape index (κ3) is 5.37. The van der Waals surface area contributed by atoms with Crippen molar-refractivity contribution < 1.29 is 9.53 Å². The van der Waals surface area contributed by atoms with Crippen LogP contribution in [-0.2, 0) is 16.0 Å². The number of benzene rings is 1. The van der Waals surface area contributed by atoms with Crippen molar-refractivity contribution in [2.24, 2.45) is 0 Å². The summed E-state index contributed by atoms with van der Waals surface area (Å²) >= 11 is 0. The third-order valence-corrected chi connectivity index (χ3v) is 5.35. The molecule has 9 nitrogen and oxygen atoms in total. The van der Waals surface area contributed by atoms with Gasteiger partial charge in [-0.15, -0.1) is 0 Å². The van der Waals surface area contributed by atoms with Gasteiger partial charge in [0.15, 0.2) is 0 Å². The molecular formula is C25H29N7O2. The Morgan fingerprint density at radius 2 is 1.76 bits per heavy atom. The Morgan fingerprint density at radius 3 is 2.47 bits per heavy atom. The lowest BCUT2D eigenvalue weighted by Gasteiger charge is -2.27. The molecule has 4 aromatic rings. The predicted molar refractivity (Wildman–Crippen MR) is 133 cm³/mol. The molecule has 0 radical (unpaired) electrons. The molecule has 4 heterocycles. The molecule has 34 heavy (non-hydrogen) atoms. The maximum absolute atomic E-state index is 12.3. The van der Waals surface area contributed by atoms with Gasteiger partial charge in [-0.05, 0) is 36.2 Å². The van der Waals surface area contributed by atoms with Crippen molar-refractivity contribution in [1.29, 1.82) is 0 Å². The number of H-pyrrole nitrogens is 1. The van der Waals surface area contributed by atoms with Crippen LogP contribution >= 0.6 is 0 Å². The highest BCUT2D eigenvalue weighted by Crippen LogP contribution is 2.29. The molecule has 0 aliphatic carbocycles. The van der Waals surface area contributed by atoms with E-state index in [0.29, 0.717) is 19.0 Å². The standard InChI is InChI=1S/C23H23N7O2.C2H6/c1-15-12-24-20(25-13-15)11-21(31)28-17-4-2-16(3-5-17)19-10-18-22(29-19)26-14-27-23(18)30-6-8-32-9-7-30;1-2/h2-5,10,12-14H,6-9,11H2,1H3,(H,28,31)(H,26,27,29);1-2H3. The monoisotopic (exact) mass is 459 g/mol. The number of nitrogens with zero attached hydrogens (tertiary/aromatic N) is 5. The molecule has 9 heteroatoms. The molecule has 2 N–H and O–H groups in total. The summed E-state index contributed by atoms with van der Waals surface area (Å²) in [5, 5.41) is 3.88. The second-order valence-electron chi connectivity index (χ2n) is 7.72. The van der Waals surface area contributed by atoms with Crippen molar-refractivity contribution in [3.05, 3.63) is 60.4 Å². The minimum Gasteiger partial charge on any atom is -0.378 e. The number of carbonyl (C=O) groups is 1. The summed E-state index contributed by atoms with van der Waals surface area (Å²) in [6.45, 7) is 8.94. The van der Waals surface area contributed by atoms with E-state index in [-0.39, 0.29) is 12.3 Å². The lowest BCUT2D eigenvalue weighted by Crippen LogP contribution is -2.36. The molecule has 1 saturated heterocycles. The molecular weight excluding hydrogens is 430 g/mol. The number of fused-ring (bicyclic) bond motifs is 1. The zero-order valence-corrected chi connectivity index (χ0v) is 19.7. The van der Waals surface area contributed by atoms with Gasteiger partial charge in [0, 0.05) is 36.9 Å². The molecule has 0 atom stereocenters. The van der Waals surface area contributed by atoms with Gasteiger partial charge in [0.25, 0.3) is 0 Å². The first kappa shape index (κ1) is 23.3. The van der Waals surface area contributed by atoms with Crippen LogP contribution in [0, 0.1) is 6.92 Å². The summed E-state index contributed by atoms with van der Waals surface area (Å²) in [5.41, 5.74) is 4.42. The number of amides is 1. The number of aromatic nitrogens is 5. The smallest absolute Gasteiger partial charge is 0.232 e. The Morgan fingerprint density at radius 1 is 1.06 bits per heavy atom. The maximum atomic E-state index is 12.3. The second-order valence-corrected chi connectivity index (χ2v) is 7.72. The highest BCUT2D eigenvalue weighted by Gasteiger charge is 2.17. The van der Waals surface area contributed by atoms with Gasteiger partial charge in [-0.25, -0.2) is 19.9 Å². The molecule has 1 aromatic carbocycles. The number of aromatic amines is 1. The molecule has 0 unspecified atom stereocenters. The van der Waals surface area contributed by atoms with Crippen LogP contribution in [0.25, 0.3) is 22.3 Å². The van der Waals surface area contributed by atoms with Gasteiger partial charge in [0.2, 0.25) is 5.91 Å². The summed E-state index contributed by atoms with van der Waals surface area (Å²) in [4.78, 5) is 35.2. The number of carbonyl (C=O) groups excluding carboxylic acids is 1. The molecule has 5 rings (SSSR count). The van der Waals surface area contributed by atoms with Crippen molar-refractivity contribution >= 4 is 28.4 Å². The summed E-state index contributed by atoms with van der Waals surface area (Å²) in [7, 11) is 0. The molecule has 0 spiro atoms. The first-order valence-corrected chi connectivity index (χ1v) is 11.5. The van der Waals surface area contributed by atoms with Crippen LogP contribution in [0.5, 0.6) is 0 Å². The summed E-state index contributed by atoms with van der Waals surface area (Å²) in [6.07, 6.45) is 5.13. The molecule has 0 saturated carbocycles. The zero-order valence-electron chi connectivity index (χ0n) is 19.7. The summed E-state index contributed by atoms with van der Waals surface area (Å²) in [6, 6.07) is 9.75. The topological polar surface area (TPSA) is 109 Å². The van der Waals surface area contributed by atoms with Gasteiger partial charge in [-0.2, -0.15) is 0 Å². The molecule has 1 aliphatic heterocycles. The summed E-state index contributed by atoms with van der Waals surface area (Å²) < 4.78 is 5.45. The third-order valence-electron chi connectivity index (χ3n) is 5.35. The first-order chi connectivity index (χ1) is 16.7. The zero-order chi connectivity index (χ0) is 23.9. The number of hydrogen-bond donors (Lipinski definition) is 2. The average molecular weight is 460 g/mol. The van der Waals surface area contributed by atoms with E-state index < -0.39 is 0 Å². The largest absolute Gasteiger partial charge is 0.378 e. The Kier molecular flexibility index (Phi) is 7.44. The molecule has 176 valence electrons. The number of anilines is 2. The van der Waals surface area contributed by atoms with E-state index >= 15 is 0 Å². The van der Waals surface area contributed by atoms with E-state index in [9.17, 15) is 4.79 Å². The van der Waals surface area contributed by atoms with E-state index in [0.717, 1.165) is 52.4 Å². The van der Waals surface area contributed by atoms with E-state index in [4.69, 9.17) is 4.74 Å². The minimum absolute atomic E-state index is 0.132. The fourth-order valence-corrected chi connectivity index (χ4v) is 3.70. The summed E-state index contributed by atoms with van der Waals surface area (Å²) in [5.74, 6) is 1.26. The van der Waals surface area contributed by atoms with Crippen LogP contribution in [-0.4, -0.2) is 57.1 Å². The van der Waals surface area contributed by atoms with Crippen molar-refractivity contribution in [2.45, 2.75) is 27.2 Å². The molecule has 3 aromatic heterocycles. The lowest BCUT2D eigenvalue weighted by molar-refractivity contribution is -0.115. The molecule has 1 aliphatic rings. The first-order valence-electron chi connectivity index (χ1n) is 11.5. The fourth-order valence-electron chi connectivity index (χ4n) is 3.70. The number of morpholine rings is 1. The van der Waals surface area contributed by atoms with Crippen LogP contribution in [0.2, 0.25) is 0 Å². The van der Waals surface area contributed by atoms with E-state index in [1.807, 2.05) is 45.0 Å². The van der Waals surface area contributed by atoms with Crippen molar-refractivity contribution in [1.82, 2.24) is 24.9 Å². The van der Waals surface area contributed by atoms with Gasteiger partial charge in [0.05, 0.1) is 25.0 Å². The van der Waals surface area contributed by atoms with Crippen LogP contribution in [0.1, 0.15) is 25.2 Å². The van der Waals surface area contributed by atoms with Crippen LogP contribution in [0.15, 0.2) is 49.1 Å². The molecule has 1 fully saturated rings. The van der Waals surface area contributed by atoms with E-state index in [1.54, 1.807) is 18.7 Å². The predicted octanol–water partition coefficient (Wildman–Crippen LogP) is 3.77. The Labute approximate surface area is 198 Å². The number of aryl methyl sites for hydroxylation is 1. The van der Waals surface area contributed by atoms with Gasteiger partial charge >= 0.3 is 0 Å². The Balaban J connectivity index is 0.00000133. The van der Waals surface area contributed by atoms with Gasteiger partial charge in [-0.1, -0.05) is 26.0 Å². The highest BCUT2D eigenvalue weighted by atomic mass is 16.5. The number of ether oxygens (including phenoxy) is 1. The average Bonchev–Trinajstić information content (AvgIpc) is 3.32. The van der Waals surface area contributed by atoms with Crippen LogP contribution in [0.4, 0.5) is 11.5 Å². The SMILES string of the molecule is CC.Cc1cnc(CC(=O)Nc2ccc(-c3cc4c(N5CCOCC5)ncnc4[nH]3)cc2)nc1. The quantitative estimate of drug-likeness (QED) is 0.468. The van der Waals surface area contributed by atoms with Gasteiger partial charge in [0.1, 0.15) is 23.6 Å².